The van der Waals surface area contributed by atoms with E-state index in [1.54, 1.807) is 38.5 Å². The van der Waals surface area contributed by atoms with Crippen LogP contribution in [0.2, 0.25) is 0 Å². The summed E-state index contributed by atoms with van der Waals surface area (Å²) in [5.41, 5.74) is 1.20. The van der Waals surface area contributed by atoms with E-state index in [1.165, 1.54) is 25.2 Å². The Morgan fingerprint density at radius 1 is 0.828 bits per heavy atom. The molecule has 0 bridgehead atoms. The SMILES string of the molecule is COc1ccc(CCN(CC(=O)O)C(=O)c2ccc(OC)c(OC)c2)cc1OC. The monoisotopic (exact) mass is 403 g/mol. The van der Waals surface area contributed by atoms with Crippen molar-refractivity contribution in [3.63, 3.8) is 0 Å². The van der Waals surface area contributed by atoms with Crippen molar-refractivity contribution in [3.8, 4) is 23.0 Å². The molecule has 0 heterocycles. The highest BCUT2D eigenvalue weighted by Gasteiger charge is 2.20. The first-order chi connectivity index (χ1) is 13.9. The molecule has 0 saturated carbocycles. The summed E-state index contributed by atoms with van der Waals surface area (Å²) >= 11 is 0. The van der Waals surface area contributed by atoms with Crippen molar-refractivity contribution >= 4 is 11.9 Å². The molecule has 2 aromatic rings. The largest absolute Gasteiger partial charge is 0.493 e. The molecule has 0 saturated heterocycles. The van der Waals surface area contributed by atoms with Crippen molar-refractivity contribution in [2.45, 2.75) is 6.42 Å². The molecule has 1 N–H and O–H groups in total. The first-order valence-electron chi connectivity index (χ1n) is 8.87. The molecule has 8 heteroatoms. The molecule has 0 aliphatic rings. The first kappa shape index (κ1) is 21.9. The van der Waals surface area contributed by atoms with E-state index in [9.17, 15) is 14.7 Å². The van der Waals surface area contributed by atoms with Crippen molar-refractivity contribution in [3.05, 3.63) is 47.5 Å². The first-order valence-corrected chi connectivity index (χ1v) is 8.87. The lowest BCUT2D eigenvalue weighted by atomic mass is 10.1. The van der Waals surface area contributed by atoms with Crippen LogP contribution in [0.15, 0.2) is 36.4 Å². The maximum Gasteiger partial charge on any atom is 0.323 e. The molecular formula is C21H25NO7. The predicted molar refractivity (Wildman–Crippen MR) is 106 cm³/mol. The van der Waals surface area contributed by atoms with Crippen LogP contribution in [0.1, 0.15) is 15.9 Å². The van der Waals surface area contributed by atoms with Gasteiger partial charge in [0.25, 0.3) is 5.91 Å². The number of carbonyl (C=O) groups is 2. The third-order valence-corrected chi connectivity index (χ3v) is 4.36. The van der Waals surface area contributed by atoms with Gasteiger partial charge in [0.15, 0.2) is 23.0 Å². The van der Waals surface area contributed by atoms with Crippen LogP contribution in [0.5, 0.6) is 23.0 Å². The summed E-state index contributed by atoms with van der Waals surface area (Å²) in [4.78, 5) is 25.5. The highest BCUT2D eigenvalue weighted by molar-refractivity contribution is 5.96. The smallest absolute Gasteiger partial charge is 0.323 e. The molecular weight excluding hydrogens is 378 g/mol. The molecule has 0 aliphatic carbocycles. The molecule has 156 valence electrons. The molecule has 0 aromatic heterocycles. The van der Waals surface area contributed by atoms with Crippen LogP contribution >= 0.6 is 0 Å². The number of rotatable bonds is 10. The van der Waals surface area contributed by atoms with Crippen LogP contribution in [-0.2, 0) is 11.2 Å². The van der Waals surface area contributed by atoms with E-state index in [2.05, 4.69) is 0 Å². The van der Waals surface area contributed by atoms with E-state index in [4.69, 9.17) is 18.9 Å². The Bertz CT molecular complexity index is 866. The maximum atomic E-state index is 12.9. The van der Waals surface area contributed by atoms with Crippen LogP contribution in [0, 0.1) is 0 Å². The second-order valence-electron chi connectivity index (χ2n) is 6.13. The van der Waals surface area contributed by atoms with Gasteiger partial charge in [-0.05, 0) is 42.3 Å². The van der Waals surface area contributed by atoms with E-state index < -0.39 is 18.4 Å². The zero-order valence-electron chi connectivity index (χ0n) is 16.9. The molecule has 0 fully saturated rings. The number of carbonyl (C=O) groups excluding carboxylic acids is 1. The lowest BCUT2D eigenvalue weighted by Crippen LogP contribution is -2.37. The van der Waals surface area contributed by atoms with Crippen LogP contribution in [0.4, 0.5) is 0 Å². The minimum absolute atomic E-state index is 0.217. The van der Waals surface area contributed by atoms with E-state index in [1.807, 2.05) is 6.07 Å². The standard InChI is InChI=1S/C21H25NO7/c1-26-16-7-5-14(11-18(16)28-3)9-10-22(13-20(23)24)21(25)15-6-8-17(27-2)19(12-15)29-4/h5-8,11-12H,9-10,13H2,1-4H3,(H,23,24). The van der Waals surface area contributed by atoms with Gasteiger partial charge < -0.3 is 29.0 Å². The van der Waals surface area contributed by atoms with Gasteiger partial charge in [0.05, 0.1) is 28.4 Å². The topological polar surface area (TPSA) is 94.5 Å². The molecule has 0 atom stereocenters. The molecule has 1 amide bonds. The van der Waals surface area contributed by atoms with Gasteiger partial charge in [-0.1, -0.05) is 6.07 Å². The van der Waals surface area contributed by atoms with Crippen molar-refractivity contribution in [1.29, 1.82) is 0 Å². The van der Waals surface area contributed by atoms with Gasteiger partial charge in [-0.15, -0.1) is 0 Å². The molecule has 2 rings (SSSR count). The highest BCUT2D eigenvalue weighted by Crippen LogP contribution is 2.29. The van der Waals surface area contributed by atoms with Gasteiger partial charge in [0.1, 0.15) is 6.54 Å². The quantitative estimate of drug-likeness (QED) is 0.651. The predicted octanol–water partition coefficient (Wildman–Crippen LogP) is 2.49. The van der Waals surface area contributed by atoms with E-state index in [0.29, 0.717) is 35.0 Å². The zero-order chi connectivity index (χ0) is 21.4. The number of aliphatic carboxylic acids is 1. The lowest BCUT2D eigenvalue weighted by molar-refractivity contribution is -0.137. The van der Waals surface area contributed by atoms with Crippen molar-refractivity contribution < 1.29 is 33.6 Å². The minimum Gasteiger partial charge on any atom is -0.493 e. The van der Waals surface area contributed by atoms with Crippen LogP contribution in [-0.4, -0.2) is 63.4 Å². The van der Waals surface area contributed by atoms with Crippen LogP contribution < -0.4 is 18.9 Å². The normalized spacial score (nSPS) is 10.2. The summed E-state index contributed by atoms with van der Waals surface area (Å²) in [6.07, 6.45) is 0.451. The number of hydrogen-bond donors (Lipinski definition) is 1. The Morgan fingerprint density at radius 2 is 1.38 bits per heavy atom. The van der Waals surface area contributed by atoms with Crippen LogP contribution in [0.25, 0.3) is 0 Å². The summed E-state index contributed by atoms with van der Waals surface area (Å²) in [7, 11) is 6.06. The number of hydrogen-bond acceptors (Lipinski definition) is 6. The third-order valence-electron chi connectivity index (χ3n) is 4.36. The Labute approximate surface area is 169 Å². The molecule has 0 radical (unpaired) electrons. The van der Waals surface area contributed by atoms with Crippen molar-refractivity contribution in [2.24, 2.45) is 0 Å². The fourth-order valence-electron chi connectivity index (χ4n) is 2.87. The zero-order valence-corrected chi connectivity index (χ0v) is 16.9. The molecule has 2 aromatic carbocycles. The Morgan fingerprint density at radius 3 is 1.93 bits per heavy atom. The molecule has 29 heavy (non-hydrogen) atoms. The van der Waals surface area contributed by atoms with E-state index >= 15 is 0 Å². The van der Waals surface area contributed by atoms with Gasteiger partial charge in [0, 0.05) is 12.1 Å². The lowest BCUT2D eigenvalue weighted by Gasteiger charge is -2.21. The molecule has 8 nitrogen and oxygen atoms in total. The van der Waals surface area contributed by atoms with E-state index in [0.717, 1.165) is 5.56 Å². The van der Waals surface area contributed by atoms with Gasteiger partial charge in [0.2, 0.25) is 0 Å². The van der Waals surface area contributed by atoms with Gasteiger partial charge in [-0.2, -0.15) is 0 Å². The van der Waals surface area contributed by atoms with Gasteiger partial charge in [-0.3, -0.25) is 9.59 Å². The summed E-state index contributed by atoms with van der Waals surface area (Å²) in [6.45, 7) is -0.199. The third kappa shape index (κ3) is 5.54. The minimum atomic E-state index is -1.09. The number of ether oxygens (including phenoxy) is 4. The fourth-order valence-corrected chi connectivity index (χ4v) is 2.87. The average Bonchev–Trinajstić information content (AvgIpc) is 2.74. The second-order valence-corrected chi connectivity index (χ2v) is 6.13. The average molecular weight is 403 g/mol. The molecule has 0 spiro atoms. The number of carboxylic acid groups (broad SMARTS) is 1. The Balaban J connectivity index is 2.21. The Hall–Kier alpha value is -3.42. The number of methoxy groups -OCH3 is 4. The van der Waals surface area contributed by atoms with Gasteiger partial charge >= 0.3 is 5.97 Å². The number of nitrogens with zero attached hydrogens (tertiary/aromatic N) is 1. The second kappa shape index (κ2) is 10.2. The fraction of sp³-hybridized carbons (Fsp3) is 0.333. The van der Waals surface area contributed by atoms with Gasteiger partial charge in [-0.25, -0.2) is 0 Å². The van der Waals surface area contributed by atoms with Crippen molar-refractivity contribution in [2.75, 3.05) is 41.5 Å². The van der Waals surface area contributed by atoms with Crippen LogP contribution in [0.3, 0.4) is 0 Å². The summed E-state index contributed by atoms with van der Waals surface area (Å²) in [5, 5.41) is 9.24. The summed E-state index contributed by atoms with van der Waals surface area (Å²) in [6, 6.07) is 10.1. The maximum absolute atomic E-state index is 12.9. The van der Waals surface area contributed by atoms with Crippen molar-refractivity contribution in [1.82, 2.24) is 4.90 Å². The number of amides is 1. The Kier molecular flexibility index (Phi) is 7.70. The molecule has 0 aliphatic heterocycles. The molecule has 0 unspecified atom stereocenters. The van der Waals surface area contributed by atoms with E-state index in [-0.39, 0.29) is 6.54 Å². The number of benzene rings is 2. The highest BCUT2D eigenvalue weighted by atomic mass is 16.5. The number of carboxylic acids is 1. The summed E-state index contributed by atoms with van der Waals surface area (Å²) < 4.78 is 20.9. The summed E-state index contributed by atoms with van der Waals surface area (Å²) in [5.74, 6) is 0.550.